The first-order valence-electron chi connectivity index (χ1n) is 5.08. The molecule has 1 aromatic carbocycles. The molecular weight excluding hydrogens is 337 g/mol. The molecule has 0 atom stereocenters. The molecule has 98 valence electrons. The molecule has 6 nitrogen and oxygen atoms in total. The molecule has 0 aliphatic carbocycles. The fourth-order valence-corrected chi connectivity index (χ4v) is 1.80. The maximum Gasteiger partial charge on any atom is 0.368 e. The van der Waals surface area contributed by atoms with Gasteiger partial charge in [-0.25, -0.2) is 4.98 Å². The minimum absolute atomic E-state index is 0.188. The molecule has 0 saturated carbocycles. The first-order valence-corrected chi connectivity index (χ1v) is 6.25. The van der Waals surface area contributed by atoms with E-state index in [1.54, 1.807) is 18.2 Å². The SMILES string of the molecule is Cc1cc(Oc2ncnc(Cl)c2[N+](=O)[O-])ccc1Br. The van der Waals surface area contributed by atoms with Crippen molar-refractivity contribution in [3.63, 3.8) is 0 Å². The van der Waals surface area contributed by atoms with Crippen LogP contribution in [-0.4, -0.2) is 14.9 Å². The molecule has 0 aliphatic heterocycles. The predicted octanol–water partition coefficient (Wildman–Crippen LogP) is 3.90. The van der Waals surface area contributed by atoms with Crippen LogP contribution in [0.3, 0.4) is 0 Å². The fraction of sp³-hybridized carbons (Fsp3) is 0.0909. The van der Waals surface area contributed by atoms with E-state index in [1.165, 1.54) is 0 Å². The van der Waals surface area contributed by atoms with Gasteiger partial charge in [-0.2, -0.15) is 4.98 Å². The number of benzene rings is 1. The average molecular weight is 345 g/mol. The van der Waals surface area contributed by atoms with Crippen LogP contribution in [0.2, 0.25) is 5.15 Å². The van der Waals surface area contributed by atoms with E-state index in [2.05, 4.69) is 25.9 Å². The average Bonchev–Trinajstić information content (AvgIpc) is 2.33. The molecule has 0 fully saturated rings. The largest absolute Gasteiger partial charge is 0.434 e. The summed E-state index contributed by atoms with van der Waals surface area (Å²) in [6.07, 6.45) is 1.11. The van der Waals surface area contributed by atoms with Gasteiger partial charge >= 0.3 is 11.6 Å². The van der Waals surface area contributed by atoms with Crippen LogP contribution in [-0.2, 0) is 0 Å². The van der Waals surface area contributed by atoms with Gasteiger partial charge in [-0.1, -0.05) is 27.5 Å². The van der Waals surface area contributed by atoms with Crippen molar-refractivity contribution in [2.45, 2.75) is 6.92 Å². The molecule has 0 radical (unpaired) electrons. The number of ether oxygens (including phenoxy) is 1. The molecule has 0 aliphatic rings. The lowest BCUT2D eigenvalue weighted by Gasteiger charge is -2.06. The molecule has 1 aromatic heterocycles. The third-order valence-electron chi connectivity index (χ3n) is 2.27. The zero-order valence-electron chi connectivity index (χ0n) is 9.63. The summed E-state index contributed by atoms with van der Waals surface area (Å²) < 4.78 is 6.30. The second kappa shape index (κ2) is 5.50. The minimum Gasteiger partial charge on any atom is -0.434 e. The van der Waals surface area contributed by atoms with Crippen LogP contribution in [0.1, 0.15) is 5.56 Å². The second-order valence-electron chi connectivity index (χ2n) is 3.59. The summed E-state index contributed by atoms with van der Waals surface area (Å²) in [6, 6.07) is 5.17. The van der Waals surface area contributed by atoms with Crippen LogP contribution in [0.25, 0.3) is 0 Å². The Balaban J connectivity index is 2.40. The molecular formula is C11H7BrClN3O3. The van der Waals surface area contributed by atoms with Crippen LogP contribution in [0.4, 0.5) is 5.69 Å². The number of hydrogen-bond donors (Lipinski definition) is 0. The van der Waals surface area contributed by atoms with Gasteiger partial charge in [0.1, 0.15) is 12.1 Å². The van der Waals surface area contributed by atoms with Gasteiger partial charge in [-0.05, 0) is 30.7 Å². The number of rotatable bonds is 3. The molecule has 0 unspecified atom stereocenters. The first kappa shape index (κ1) is 13.7. The Hall–Kier alpha value is -1.73. The Morgan fingerprint density at radius 1 is 1.42 bits per heavy atom. The van der Waals surface area contributed by atoms with E-state index >= 15 is 0 Å². The summed E-state index contributed by atoms with van der Waals surface area (Å²) in [5.41, 5.74) is 0.477. The van der Waals surface area contributed by atoms with E-state index in [-0.39, 0.29) is 11.0 Å². The van der Waals surface area contributed by atoms with Gasteiger partial charge < -0.3 is 4.74 Å². The summed E-state index contributed by atoms with van der Waals surface area (Å²) in [4.78, 5) is 17.5. The van der Waals surface area contributed by atoms with E-state index in [0.29, 0.717) is 5.75 Å². The maximum absolute atomic E-state index is 10.9. The van der Waals surface area contributed by atoms with Gasteiger partial charge in [0.2, 0.25) is 5.15 Å². The van der Waals surface area contributed by atoms with Crippen LogP contribution < -0.4 is 4.74 Å². The Bertz CT molecular complexity index is 651. The molecule has 2 aromatic rings. The van der Waals surface area contributed by atoms with E-state index in [4.69, 9.17) is 16.3 Å². The van der Waals surface area contributed by atoms with E-state index in [1.807, 2.05) is 6.92 Å². The smallest absolute Gasteiger partial charge is 0.368 e. The highest BCUT2D eigenvalue weighted by atomic mass is 79.9. The van der Waals surface area contributed by atoms with E-state index < -0.39 is 10.6 Å². The van der Waals surface area contributed by atoms with Crippen molar-refractivity contribution in [1.82, 2.24) is 9.97 Å². The fourth-order valence-electron chi connectivity index (χ4n) is 1.36. The van der Waals surface area contributed by atoms with Crippen LogP contribution in [0.15, 0.2) is 29.0 Å². The molecule has 0 amide bonds. The third kappa shape index (κ3) is 2.99. The Labute approximate surface area is 121 Å². The number of aromatic nitrogens is 2. The Kier molecular flexibility index (Phi) is 3.96. The lowest BCUT2D eigenvalue weighted by atomic mass is 10.2. The van der Waals surface area contributed by atoms with Crippen LogP contribution in [0.5, 0.6) is 11.6 Å². The van der Waals surface area contributed by atoms with Crippen LogP contribution in [0, 0.1) is 17.0 Å². The van der Waals surface area contributed by atoms with Gasteiger partial charge in [0.05, 0.1) is 4.92 Å². The summed E-state index contributed by atoms with van der Waals surface area (Å²) >= 11 is 9.02. The predicted molar refractivity (Wildman–Crippen MR) is 72.6 cm³/mol. The number of nitrogens with zero attached hydrogens (tertiary/aromatic N) is 3. The first-order chi connectivity index (χ1) is 8.99. The normalized spacial score (nSPS) is 10.3. The van der Waals surface area contributed by atoms with Gasteiger partial charge in [0.15, 0.2) is 0 Å². The van der Waals surface area contributed by atoms with Gasteiger partial charge in [-0.15, -0.1) is 0 Å². The quantitative estimate of drug-likeness (QED) is 0.479. The van der Waals surface area contributed by atoms with Crippen molar-refractivity contribution in [2.24, 2.45) is 0 Å². The molecule has 0 spiro atoms. The van der Waals surface area contributed by atoms with Crippen molar-refractivity contribution >= 4 is 33.2 Å². The highest BCUT2D eigenvalue weighted by Crippen LogP contribution is 2.34. The summed E-state index contributed by atoms with van der Waals surface area (Å²) in [5, 5.41) is 10.6. The highest BCUT2D eigenvalue weighted by Gasteiger charge is 2.23. The summed E-state index contributed by atoms with van der Waals surface area (Å²) in [6.45, 7) is 1.87. The molecule has 19 heavy (non-hydrogen) atoms. The molecule has 2 rings (SSSR count). The summed E-state index contributed by atoms with van der Waals surface area (Å²) in [7, 11) is 0. The molecule has 0 bridgehead atoms. The number of hydrogen-bond acceptors (Lipinski definition) is 5. The Morgan fingerprint density at radius 3 is 2.79 bits per heavy atom. The van der Waals surface area contributed by atoms with Crippen molar-refractivity contribution in [2.75, 3.05) is 0 Å². The summed E-state index contributed by atoms with van der Waals surface area (Å²) in [5.74, 6) is 0.241. The number of halogens is 2. The zero-order valence-corrected chi connectivity index (χ0v) is 12.0. The van der Waals surface area contributed by atoms with Crippen molar-refractivity contribution in [1.29, 1.82) is 0 Å². The third-order valence-corrected chi connectivity index (χ3v) is 3.44. The molecule has 0 saturated heterocycles. The van der Waals surface area contributed by atoms with Gasteiger partial charge in [0.25, 0.3) is 0 Å². The maximum atomic E-state index is 10.9. The van der Waals surface area contributed by atoms with Crippen molar-refractivity contribution in [3.8, 4) is 11.6 Å². The topological polar surface area (TPSA) is 78.2 Å². The van der Waals surface area contributed by atoms with Crippen molar-refractivity contribution in [3.05, 3.63) is 49.8 Å². The standard InChI is InChI=1S/C11H7BrClN3O3/c1-6-4-7(2-3-8(6)12)19-11-9(16(17)18)10(13)14-5-15-11/h2-5H,1H3. The van der Waals surface area contributed by atoms with Gasteiger partial charge in [0, 0.05) is 4.47 Å². The molecule has 1 heterocycles. The number of aryl methyl sites for hydroxylation is 1. The van der Waals surface area contributed by atoms with Gasteiger partial charge in [-0.3, -0.25) is 10.1 Å². The highest BCUT2D eigenvalue weighted by molar-refractivity contribution is 9.10. The molecule has 8 heteroatoms. The minimum atomic E-state index is -0.677. The zero-order chi connectivity index (χ0) is 14.0. The monoisotopic (exact) mass is 343 g/mol. The number of nitro groups is 1. The lowest BCUT2D eigenvalue weighted by Crippen LogP contribution is -1.98. The second-order valence-corrected chi connectivity index (χ2v) is 4.80. The Morgan fingerprint density at radius 2 is 2.16 bits per heavy atom. The van der Waals surface area contributed by atoms with Crippen LogP contribution >= 0.6 is 27.5 Å². The van der Waals surface area contributed by atoms with Crippen molar-refractivity contribution < 1.29 is 9.66 Å². The lowest BCUT2D eigenvalue weighted by molar-refractivity contribution is -0.386. The van der Waals surface area contributed by atoms with E-state index in [0.717, 1.165) is 16.4 Å². The van der Waals surface area contributed by atoms with E-state index in [9.17, 15) is 10.1 Å². The molecule has 0 N–H and O–H groups in total.